The predicted molar refractivity (Wildman–Crippen MR) is 79.3 cm³/mol. The third-order valence-electron chi connectivity index (χ3n) is 3.73. The number of hydrogen-bond acceptors (Lipinski definition) is 3. The van der Waals surface area contributed by atoms with Gasteiger partial charge in [0.25, 0.3) is 0 Å². The zero-order valence-corrected chi connectivity index (χ0v) is 12.1. The molecule has 1 saturated heterocycles. The van der Waals surface area contributed by atoms with E-state index >= 15 is 0 Å². The highest BCUT2D eigenvalue weighted by Crippen LogP contribution is 2.26. The molecule has 1 heterocycles. The Labute approximate surface area is 116 Å². The molecule has 1 atom stereocenters. The average molecular weight is 262 g/mol. The third-order valence-corrected chi connectivity index (χ3v) is 3.73. The molecule has 1 aromatic rings. The second-order valence-electron chi connectivity index (χ2n) is 5.77. The quantitative estimate of drug-likeness (QED) is 0.858. The van der Waals surface area contributed by atoms with E-state index in [1.54, 1.807) is 0 Å². The Hall–Kier alpha value is -1.06. The Balaban J connectivity index is 1.89. The van der Waals surface area contributed by atoms with Gasteiger partial charge in [-0.25, -0.2) is 0 Å². The van der Waals surface area contributed by atoms with Crippen molar-refractivity contribution < 1.29 is 4.74 Å². The van der Waals surface area contributed by atoms with Crippen molar-refractivity contribution >= 4 is 0 Å². The first kappa shape index (κ1) is 14.4. The number of piperidine rings is 1. The van der Waals surface area contributed by atoms with Gasteiger partial charge in [0.15, 0.2) is 0 Å². The first-order valence-corrected chi connectivity index (χ1v) is 7.38. The van der Waals surface area contributed by atoms with Crippen LogP contribution in [0.5, 0.6) is 5.75 Å². The van der Waals surface area contributed by atoms with Crippen LogP contribution in [0.25, 0.3) is 0 Å². The molecular weight excluding hydrogens is 236 g/mol. The number of benzene rings is 1. The van der Waals surface area contributed by atoms with Crippen LogP contribution < -0.4 is 15.8 Å². The summed E-state index contributed by atoms with van der Waals surface area (Å²) >= 11 is 0. The molecule has 19 heavy (non-hydrogen) atoms. The Morgan fingerprint density at radius 2 is 1.84 bits per heavy atom. The van der Waals surface area contributed by atoms with Crippen molar-refractivity contribution in [3.63, 3.8) is 0 Å². The van der Waals surface area contributed by atoms with E-state index in [1.165, 1.54) is 18.4 Å². The summed E-state index contributed by atoms with van der Waals surface area (Å²) < 4.78 is 5.65. The van der Waals surface area contributed by atoms with Crippen LogP contribution in [0, 0.1) is 5.92 Å². The van der Waals surface area contributed by atoms with Crippen molar-refractivity contribution in [2.24, 2.45) is 11.7 Å². The number of rotatable bonds is 5. The fraction of sp³-hybridized carbons (Fsp3) is 0.625. The third kappa shape index (κ3) is 4.51. The van der Waals surface area contributed by atoms with Crippen LogP contribution in [0.1, 0.15) is 44.7 Å². The highest BCUT2D eigenvalue weighted by molar-refractivity contribution is 5.29. The molecule has 0 aromatic heterocycles. The number of hydrogen-bond donors (Lipinski definition) is 2. The highest BCUT2D eigenvalue weighted by Gasteiger charge is 2.17. The fourth-order valence-electron chi connectivity index (χ4n) is 2.68. The standard InChI is InChI=1S/C16H26N2O/c1-12(2)19-15-5-3-14(4-6-15)16(17)11-13-7-9-18-10-8-13/h3-6,12-13,16,18H,7-11,17H2,1-2H3. The maximum absolute atomic E-state index is 6.32. The molecule has 0 saturated carbocycles. The summed E-state index contributed by atoms with van der Waals surface area (Å²) in [6.45, 7) is 6.35. The van der Waals surface area contributed by atoms with Crippen molar-refractivity contribution in [3.05, 3.63) is 29.8 Å². The summed E-state index contributed by atoms with van der Waals surface area (Å²) in [6.07, 6.45) is 3.81. The summed E-state index contributed by atoms with van der Waals surface area (Å²) in [5.74, 6) is 1.69. The largest absolute Gasteiger partial charge is 0.491 e. The zero-order valence-electron chi connectivity index (χ0n) is 12.1. The lowest BCUT2D eigenvalue weighted by atomic mass is 9.89. The summed E-state index contributed by atoms with van der Waals surface area (Å²) in [5.41, 5.74) is 7.53. The topological polar surface area (TPSA) is 47.3 Å². The van der Waals surface area contributed by atoms with E-state index in [0.29, 0.717) is 0 Å². The van der Waals surface area contributed by atoms with Crippen molar-refractivity contribution in [1.29, 1.82) is 0 Å². The summed E-state index contributed by atoms with van der Waals surface area (Å²) in [6, 6.07) is 8.40. The van der Waals surface area contributed by atoms with Gasteiger partial charge in [-0.05, 0) is 69.8 Å². The number of nitrogens with two attached hydrogens (primary N) is 1. The molecule has 3 heteroatoms. The smallest absolute Gasteiger partial charge is 0.119 e. The van der Waals surface area contributed by atoms with Gasteiger partial charge in [-0.15, -0.1) is 0 Å². The summed E-state index contributed by atoms with van der Waals surface area (Å²) in [4.78, 5) is 0. The second kappa shape index (κ2) is 6.92. The SMILES string of the molecule is CC(C)Oc1ccc(C(N)CC2CCNCC2)cc1. The number of nitrogens with one attached hydrogen (secondary N) is 1. The zero-order chi connectivity index (χ0) is 13.7. The molecule has 3 N–H and O–H groups in total. The molecule has 1 aliphatic heterocycles. The van der Waals surface area contributed by atoms with E-state index in [9.17, 15) is 0 Å². The lowest BCUT2D eigenvalue weighted by Gasteiger charge is -2.25. The van der Waals surface area contributed by atoms with E-state index in [2.05, 4.69) is 17.4 Å². The Bertz CT molecular complexity index is 369. The van der Waals surface area contributed by atoms with Gasteiger partial charge < -0.3 is 15.8 Å². The van der Waals surface area contributed by atoms with Crippen molar-refractivity contribution in [2.45, 2.75) is 45.3 Å². The van der Waals surface area contributed by atoms with E-state index in [0.717, 1.165) is 31.2 Å². The minimum atomic E-state index is 0.149. The van der Waals surface area contributed by atoms with Gasteiger partial charge in [0.1, 0.15) is 5.75 Å². The Morgan fingerprint density at radius 3 is 2.42 bits per heavy atom. The Kier molecular flexibility index (Phi) is 5.23. The molecular formula is C16H26N2O. The molecule has 1 aliphatic rings. The molecule has 0 amide bonds. The molecule has 3 nitrogen and oxygen atoms in total. The second-order valence-corrected chi connectivity index (χ2v) is 5.77. The van der Waals surface area contributed by atoms with Crippen LogP contribution >= 0.6 is 0 Å². The number of ether oxygens (including phenoxy) is 1. The van der Waals surface area contributed by atoms with E-state index in [4.69, 9.17) is 10.5 Å². The predicted octanol–water partition coefficient (Wildman–Crippen LogP) is 2.86. The highest BCUT2D eigenvalue weighted by atomic mass is 16.5. The van der Waals surface area contributed by atoms with Crippen LogP contribution in [0.2, 0.25) is 0 Å². The maximum Gasteiger partial charge on any atom is 0.119 e. The van der Waals surface area contributed by atoms with Gasteiger partial charge in [0.05, 0.1) is 6.10 Å². The molecule has 0 radical (unpaired) electrons. The first-order chi connectivity index (χ1) is 9.15. The van der Waals surface area contributed by atoms with Crippen LogP contribution in [-0.4, -0.2) is 19.2 Å². The van der Waals surface area contributed by atoms with Gasteiger partial charge in [0, 0.05) is 6.04 Å². The van der Waals surface area contributed by atoms with Crippen molar-refractivity contribution in [3.8, 4) is 5.75 Å². The van der Waals surface area contributed by atoms with Gasteiger partial charge in [0.2, 0.25) is 0 Å². The van der Waals surface area contributed by atoms with Crippen LogP contribution in [-0.2, 0) is 0 Å². The lowest BCUT2D eigenvalue weighted by Crippen LogP contribution is -2.29. The average Bonchev–Trinajstić information content (AvgIpc) is 2.40. The molecule has 1 fully saturated rings. The summed E-state index contributed by atoms with van der Waals surface area (Å²) in [5, 5.41) is 3.40. The van der Waals surface area contributed by atoms with Crippen molar-refractivity contribution in [2.75, 3.05) is 13.1 Å². The molecule has 2 rings (SSSR count). The molecule has 1 unspecified atom stereocenters. The molecule has 0 bridgehead atoms. The van der Waals surface area contributed by atoms with E-state index in [1.807, 2.05) is 26.0 Å². The fourth-order valence-corrected chi connectivity index (χ4v) is 2.68. The molecule has 0 aliphatic carbocycles. The maximum atomic E-state index is 6.32. The molecule has 106 valence electrons. The lowest BCUT2D eigenvalue weighted by molar-refractivity contribution is 0.242. The van der Waals surface area contributed by atoms with Gasteiger partial charge in [-0.2, -0.15) is 0 Å². The van der Waals surface area contributed by atoms with Gasteiger partial charge in [-0.3, -0.25) is 0 Å². The molecule has 1 aromatic carbocycles. The van der Waals surface area contributed by atoms with Crippen LogP contribution in [0.3, 0.4) is 0 Å². The first-order valence-electron chi connectivity index (χ1n) is 7.38. The van der Waals surface area contributed by atoms with Gasteiger partial charge in [-0.1, -0.05) is 12.1 Å². The monoisotopic (exact) mass is 262 g/mol. The van der Waals surface area contributed by atoms with Crippen molar-refractivity contribution in [1.82, 2.24) is 5.32 Å². The summed E-state index contributed by atoms with van der Waals surface area (Å²) in [7, 11) is 0. The van der Waals surface area contributed by atoms with Gasteiger partial charge >= 0.3 is 0 Å². The van der Waals surface area contributed by atoms with Crippen LogP contribution in [0.15, 0.2) is 24.3 Å². The minimum Gasteiger partial charge on any atom is -0.491 e. The Morgan fingerprint density at radius 1 is 1.21 bits per heavy atom. The van der Waals surface area contributed by atoms with E-state index in [-0.39, 0.29) is 12.1 Å². The minimum absolute atomic E-state index is 0.149. The van der Waals surface area contributed by atoms with Crippen LogP contribution in [0.4, 0.5) is 0 Å². The molecule has 0 spiro atoms. The normalized spacial score (nSPS) is 18.5. The van der Waals surface area contributed by atoms with E-state index < -0.39 is 0 Å².